The molecule has 78 heavy (non-hydrogen) atoms. The normalized spacial score (nSPS) is 11.2. The SMILES string of the molecule is Cc1cc(C)c(-c2ccccc2C)[n+](C)c1.Cc1cc[n+](C)c(-c2ccccc2C)c1.Cc1ccccc1-c1c(C)c(C)c(C)c[n+]1C.Cc1ccccc1-c1cccc(C)[n+]1C.[2H]C([2H])([2H])c1ccc(-c2ccccc2C)[n+](C)c1. The van der Waals surface area contributed by atoms with Crippen LogP contribution in [-0.4, -0.2) is 0 Å². The average molecular weight is 1040 g/mol. The standard InChI is InChI=1S/C16H20N.C15H18N.3C14H16N/c1-11-8-6-7-9-15(11)16-14(4)13(3)12(2)10-17(16)5;1-11-9-13(3)15(16(4)10-11)14-8-6-5-7-12(14)2;1-11-7-4-5-9-13(11)14-10-6-8-12(2)15(14)3;1-11-8-9-15(3)14(10-11)13-7-5-4-6-12(13)2;1-11-8-9-14(15(3)10-11)13-7-5-4-6-12(13)2/h6-10H,1-5H3;5-10H,1-4H3;3*4-10H,1-3H3/q5*+1/i;;;;1D3. The van der Waals surface area contributed by atoms with E-state index in [0.717, 1.165) is 11.3 Å². The lowest BCUT2D eigenvalue weighted by Gasteiger charge is -2.10. The molecule has 5 aromatic heterocycles. The van der Waals surface area contributed by atoms with Gasteiger partial charge in [-0.3, -0.25) is 0 Å². The largest absolute Gasteiger partial charge is 0.215 e. The van der Waals surface area contributed by atoms with Gasteiger partial charge in [0.05, 0.1) is 0 Å². The fourth-order valence-corrected chi connectivity index (χ4v) is 10.1. The fourth-order valence-electron chi connectivity index (χ4n) is 10.1. The lowest BCUT2D eigenvalue weighted by molar-refractivity contribution is -0.666. The van der Waals surface area contributed by atoms with Crippen LogP contribution in [0.5, 0.6) is 0 Å². The van der Waals surface area contributed by atoms with Gasteiger partial charge in [-0.15, -0.1) is 0 Å². The molecule has 0 atom stereocenters. The van der Waals surface area contributed by atoms with Crippen LogP contribution in [0.2, 0.25) is 0 Å². The first-order valence-electron chi connectivity index (χ1n) is 28.5. The minimum atomic E-state index is -2.05. The number of nitrogens with zero attached hydrogens (tertiary/aromatic N) is 5. The number of pyridine rings is 5. The molecular weight excluding hydrogens is 947 g/mol. The topological polar surface area (TPSA) is 19.4 Å². The van der Waals surface area contributed by atoms with Gasteiger partial charge in [0.1, 0.15) is 35.2 Å². The molecule has 5 nitrogen and oxygen atoms in total. The van der Waals surface area contributed by atoms with Crippen molar-refractivity contribution in [3.05, 3.63) is 267 Å². The predicted molar refractivity (Wildman–Crippen MR) is 327 cm³/mol. The molecule has 5 heteroatoms. The van der Waals surface area contributed by atoms with E-state index >= 15 is 0 Å². The minimum absolute atomic E-state index is 0.363. The van der Waals surface area contributed by atoms with Crippen LogP contribution >= 0.6 is 0 Å². The number of hydrogen-bond acceptors (Lipinski definition) is 0. The lowest BCUT2D eigenvalue weighted by Crippen LogP contribution is -2.34. The maximum absolute atomic E-state index is 7.41. The number of benzene rings is 5. The molecule has 0 N–H and O–H groups in total. The number of aromatic nitrogens is 5. The Morgan fingerprint density at radius 3 is 1.23 bits per heavy atom. The summed E-state index contributed by atoms with van der Waals surface area (Å²) in [6.45, 7) is 23.8. The Bertz CT molecular complexity index is 3730. The second-order valence-corrected chi connectivity index (χ2v) is 21.0. The smallest absolute Gasteiger partial charge is 0.201 e. The molecule has 10 rings (SSSR count). The van der Waals surface area contributed by atoms with Gasteiger partial charge in [0.25, 0.3) is 0 Å². The molecule has 0 saturated heterocycles. The van der Waals surface area contributed by atoms with Gasteiger partial charge in [0.2, 0.25) is 28.5 Å². The second-order valence-electron chi connectivity index (χ2n) is 21.0. The van der Waals surface area contributed by atoms with Crippen LogP contribution in [0.4, 0.5) is 0 Å². The summed E-state index contributed by atoms with van der Waals surface area (Å²) in [4.78, 5) is 0. The summed E-state index contributed by atoms with van der Waals surface area (Å²) in [6, 6.07) is 58.7. The molecule has 398 valence electrons. The van der Waals surface area contributed by atoms with E-state index in [9.17, 15) is 0 Å². The lowest BCUT2D eigenvalue weighted by atomic mass is 9.97. The van der Waals surface area contributed by atoms with E-state index in [-0.39, 0.29) is 0 Å². The highest BCUT2D eigenvalue weighted by Gasteiger charge is 2.20. The Morgan fingerprint density at radius 2 is 0.744 bits per heavy atom. The van der Waals surface area contributed by atoms with Crippen molar-refractivity contribution < 1.29 is 26.9 Å². The molecule has 0 unspecified atom stereocenters. The summed E-state index contributed by atoms with van der Waals surface area (Å²) in [5.74, 6) is 0. The van der Waals surface area contributed by atoms with E-state index in [0.29, 0.717) is 5.56 Å². The highest BCUT2D eigenvalue weighted by atomic mass is 14.9. The van der Waals surface area contributed by atoms with Crippen LogP contribution in [0.3, 0.4) is 0 Å². The molecule has 0 amide bonds. The minimum Gasteiger partial charge on any atom is -0.201 e. The van der Waals surface area contributed by atoms with Crippen LogP contribution in [0.15, 0.2) is 195 Å². The van der Waals surface area contributed by atoms with Gasteiger partial charge < -0.3 is 0 Å². The molecule has 0 fully saturated rings. The van der Waals surface area contributed by atoms with Crippen molar-refractivity contribution in [2.24, 2.45) is 35.2 Å². The summed E-state index contributed by atoms with van der Waals surface area (Å²) in [5, 5.41) is 0. The monoisotopic (exact) mass is 1040 g/mol. The van der Waals surface area contributed by atoms with Crippen molar-refractivity contribution in [3.63, 3.8) is 0 Å². The summed E-state index contributed by atoms with van der Waals surface area (Å²) >= 11 is 0. The third-order valence-electron chi connectivity index (χ3n) is 14.8. The molecule has 0 aliphatic carbocycles. The highest BCUT2D eigenvalue weighted by Crippen LogP contribution is 2.27. The average Bonchev–Trinajstić information content (AvgIpc) is 3.44. The van der Waals surface area contributed by atoms with E-state index in [2.05, 4.69) is 275 Å². The van der Waals surface area contributed by atoms with Crippen molar-refractivity contribution in [1.82, 2.24) is 0 Å². The summed E-state index contributed by atoms with van der Waals surface area (Å²) in [6.07, 6.45) is 8.17. The zero-order chi connectivity index (χ0) is 59.3. The Morgan fingerprint density at radius 1 is 0.295 bits per heavy atom. The van der Waals surface area contributed by atoms with E-state index < -0.39 is 6.85 Å². The zero-order valence-electron chi connectivity index (χ0n) is 52.7. The van der Waals surface area contributed by atoms with Crippen LogP contribution in [0.1, 0.15) is 76.6 Å². The number of rotatable bonds is 5. The zero-order valence-corrected chi connectivity index (χ0v) is 49.7. The molecular formula is C73H86N5+5. The fraction of sp³-hybridized carbons (Fsp3) is 0.247. The Hall–Kier alpha value is -8.15. The first-order chi connectivity index (χ1) is 38.4. The van der Waals surface area contributed by atoms with Gasteiger partial charge >= 0.3 is 0 Å². The Balaban J connectivity index is 0.000000163. The Kier molecular flexibility index (Phi) is 19.1. The molecule has 0 radical (unpaired) electrons. The maximum atomic E-state index is 7.41. The Labute approximate surface area is 473 Å². The first kappa shape index (κ1) is 54.6. The predicted octanol–water partition coefficient (Wildman–Crippen LogP) is 14.9. The van der Waals surface area contributed by atoms with E-state index in [4.69, 9.17) is 4.11 Å². The van der Waals surface area contributed by atoms with Crippen molar-refractivity contribution in [2.45, 2.75) is 89.9 Å². The van der Waals surface area contributed by atoms with Crippen LogP contribution in [0, 0.1) is 89.9 Å². The van der Waals surface area contributed by atoms with Crippen LogP contribution < -0.4 is 22.8 Å². The van der Waals surface area contributed by atoms with Gasteiger partial charge in [-0.05, 0) is 170 Å². The third-order valence-corrected chi connectivity index (χ3v) is 14.8. The second kappa shape index (κ2) is 27.2. The van der Waals surface area contributed by atoms with E-state index in [1.807, 2.05) is 48.9 Å². The summed E-state index contributed by atoms with van der Waals surface area (Å²) in [5.41, 5.74) is 28.7. The van der Waals surface area contributed by atoms with Crippen molar-refractivity contribution in [3.8, 4) is 56.3 Å². The third kappa shape index (κ3) is 14.9. The van der Waals surface area contributed by atoms with Crippen molar-refractivity contribution >= 4 is 0 Å². The molecule has 5 aromatic carbocycles. The van der Waals surface area contributed by atoms with E-state index in [1.165, 1.54) is 112 Å². The molecule has 0 aliphatic heterocycles. The van der Waals surface area contributed by atoms with E-state index in [1.54, 1.807) is 12.3 Å². The van der Waals surface area contributed by atoms with Crippen LogP contribution in [-0.2, 0) is 35.2 Å². The molecule has 0 saturated carbocycles. The van der Waals surface area contributed by atoms with Crippen molar-refractivity contribution in [2.75, 3.05) is 0 Å². The first-order valence-corrected chi connectivity index (χ1v) is 27.0. The molecule has 10 aromatic rings. The van der Waals surface area contributed by atoms with Gasteiger partial charge in [-0.1, -0.05) is 91.0 Å². The quantitative estimate of drug-likeness (QED) is 0.153. The molecule has 0 bridgehead atoms. The van der Waals surface area contributed by atoms with Gasteiger partial charge in [0, 0.05) is 97.0 Å². The summed E-state index contributed by atoms with van der Waals surface area (Å²) in [7, 11) is 10.3. The van der Waals surface area contributed by atoms with Crippen LogP contribution in [0.25, 0.3) is 56.3 Å². The highest BCUT2D eigenvalue weighted by molar-refractivity contribution is 5.66. The number of aryl methyl sites for hydroxylation is 15. The summed E-state index contributed by atoms with van der Waals surface area (Å²) < 4.78 is 32.9. The van der Waals surface area contributed by atoms with Crippen molar-refractivity contribution in [1.29, 1.82) is 0 Å². The van der Waals surface area contributed by atoms with Gasteiger partial charge in [0.15, 0.2) is 30.5 Å². The molecule has 0 spiro atoms. The molecule has 5 heterocycles. The van der Waals surface area contributed by atoms with Gasteiger partial charge in [-0.2, -0.15) is 4.57 Å². The van der Waals surface area contributed by atoms with Gasteiger partial charge in [-0.25, -0.2) is 18.3 Å². The maximum Gasteiger partial charge on any atom is 0.215 e. The number of hydrogen-bond donors (Lipinski definition) is 0. The molecule has 0 aliphatic rings.